The fraction of sp³-hybridized carbons (Fsp3) is 0. The summed E-state index contributed by atoms with van der Waals surface area (Å²) in [5, 5.41) is 33.8. The van der Waals surface area contributed by atoms with Crippen LogP contribution < -0.4 is 0 Å². The van der Waals surface area contributed by atoms with E-state index in [1.54, 1.807) is 0 Å². The summed E-state index contributed by atoms with van der Waals surface area (Å²) >= 11 is 0. The number of nitrogens with zero attached hydrogens (tertiary/aromatic N) is 8. The van der Waals surface area contributed by atoms with Crippen LogP contribution in [0.3, 0.4) is 0 Å². The third-order valence-corrected chi connectivity index (χ3v) is 7.97. The SMILES string of the molecule is N#Cc1cc(C#N)c(-n2c3ccccc3c3c4c5ccccc5n(-c5ncnc(-c6ccccc6)n5)c4ccc32)c(C#N)c1. The molecule has 8 heteroatoms. The summed E-state index contributed by atoms with van der Waals surface area (Å²) in [5.41, 5.74) is 5.64. The first-order chi connectivity index (χ1) is 21.7. The van der Waals surface area contributed by atoms with Crippen LogP contribution in [0.25, 0.3) is 66.6 Å². The Hall–Kier alpha value is -6.82. The lowest BCUT2D eigenvalue weighted by Crippen LogP contribution is -2.03. The summed E-state index contributed by atoms with van der Waals surface area (Å²) in [6.45, 7) is 0. The standard InChI is InChI=1S/C36H18N8/c37-18-22-16-24(19-38)34(25(17-22)20-39)43-28-12-6-4-10-26(28)32-30(43)14-15-31-33(32)27-11-5-7-13-29(27)44(31)36-41-21-40-35(42-36)23-8-2-1-3-9-23/h1-17,21H. The van der Waals surface area contributed by atoms with Crippen LogP contribution >= 0.6 is 0 Å². The zero-order valence-corrected chi connectivity index (χ0v) is 23.0. The molecular weight excluding hydrogens is 544 g/mol. The molecule has 8 aromatic rings. The van der Waals surface area contributed by atoms with Gasteiger partial charge in [-0.2, -0.15) is 20.8 Å². The van der Waals surface area contributed by atoms with Crippen LogP contribution in [-0.2, 0) is 0 Å². The van der Waals surface area contributed by atoms with Crippen molar-refractivity contribution in [1.82, 2.24) is 24.1 Å². The molecule has 0 aliphatic heterocycles. The summed E-state index contributed by atoms with van der Waals surface area (Å²) in [6.07, 6.45) is 1.54. The minimum absolute atomic E-state index is 0.254. The molecule has 0 saturated heterocycles. The van der Waals surface area contributed by atoms with Gasteiger partial charge in [0.2, 0.25) is 5.95 Å². The third-order valence-electron chi connectivity index (χ3n) is 7.97. The second-order valence-corrected chi connectivity index (χ2v) is 10.3. The molecule has 0 bridgehead atoms. The van der Waals surface area contributed by atoms with E-state index in [-0.39, 0.29) is 16.7 Å². The van der Waals surface area contributed by atoms with E-state index in [4.69, 9.17) is 4.98 Å². The van der Waals surface area contributed by atoms with Crippen molar-refractivity contribution in [2.24, 2.45) is 0 Å². The molecule has 0 radical (unpaired) electrons. The number of hydrogen-bond acceptors (Lipinski definition) is 6. The van der Waals surface area contributed by atoms with Gasteiger partial charge >= 0.3 is 0 Å². The van der Waals surface area contributed by atoms with E-state index in [9.17, 15) is 15.8 Å². The van der Waals surface area contributed by atoms with Crippen molar-refractivity contribution in [2.45, 2.75) is 0 Å². The molecule has 3 heterocycles. The van der Waals surface area contributed by atoms with E-state index in [0.29, 0.717) is 17.5 Å². The van der Waals surface area contributed by atoms with Gasteiger partial charge in [0.25, 0.3) is 0 Å². The average molecular weight is 563 g/mol. The van der Waals surface area contributed by atoms with Gasteiger partial charge in [-0.05, 0) is 36.4 Å². The Bertz CT molecular complexity index is 2550. The summed E-state index contributed by atoms with van der Waals surface area (Å²) < 4.78 is 4.01. The zero-order chi connectivity index (χ0) is 29.8. The van der Waals surface area contributed by atoms with Crippen LogP contribution in [0.1, 0.15) is 16.7 Å². The van der Waals surface area contributed by atoms with E-state index >= 15 is 0 Å². The van der Waals surface area contributed by atoms with Crippen LogP contribution in [0.15, 0.2) is 109 Å². The van der Waals surface area contributed by atoms with Crippen molar-refractivity contribution in [2.75, 3.05) is 0 Å². The maximum absolute atomic E-state index is 10.1. The van der Waals surface area contributed by atoms with Gasteiger partial charge in [0.1, 0.15) is 18.5 Å². The normalized spacial score (nSPS) is 11.1. The molecule has 0 unspecified atom stereocenters. The third kappa shape index (κ3) is 3.51. The zero-order valence-electron chi connectivity index (χ0n) is 23.0. The highest BCUT2D eigenvalue weighted by atomic mass is 15.2. The molecular formula is C36H18N8. The van der Waals surface area contributed by atoms with Gasteiger partial charge in [-0.15, -0.1) is 0 Å². The molecule has 0 amide bonds. The van der Waals surface area contributed by atoms with Crippen molar-refractivity contribution in [3.63, 3.8) is 0 Å². The predicted molar refractivity (Wildman–Crippen MR) is 168 cm³/mol. The Morgan fingerprint density at radius 2 is 1.11 bits per heavy atom. The Balaban J connectivity index is 1.52. The summed E-state index contributed by atoms with van der Waals surface area (Å²) in [4.78, 5) is 13.9. The van der Waals surface area contributed by atoms with Crippen LogP contribution in [0.5, 0.6) is 0 Å². The van der Waals surface area contributed by atoms with E-state index in [1.165, 1.54) is 18.5 Å². The first-order valence-electron chi connectivity index (χ1n) is 13.8. The fourth-order valence-electron chi connectivity index (χ4n) is 6.21. The quantitative estimate of drug-likeness (QED) is 0.222. The van der Waals surface area contributed by atoms with Crippen molar-refractivity contribution >= 4 is 43.6 Å². The molecule has 8 rings (SSSR count). The molecule has 0 fully saturated rings. The van der Waals surface area contributed by atoms with Crippen molar-refractivity contribution in [3.8, 4) is 41.2 Å². The van der Waals surface area contributed by atoms with Crippen molar-refractivity contribution < 1.29 is 0 Å². The van der Waals surface area contributed by atoms with Gasteiger partial charge in [0, 0.05) is 27.1 Å². The lowest BCUT2D eigenvalue weighted by Gasteiger charge is -2.12. The molecule has 0 atom stereocenters. The number of para-hydroxylation sites is 2. The van der Waals surface area contributed by atoms with Gasteiger partial charge in [0.15, 0.2) is 5.82 Å². The average Bonchev–Trinajstić information content (AvgIpc) is 3.60. The van der Waals surface area contributed by atoms with Crippen LogP contribution in [0.4, 0.5) is 0 Å². The first kappa shape index (κ1) is 24.9. The predicted octanol–water partition coefficient (Wildman–Crippen LogP) is 7.35. The molecule has 0 saturated carbocycles. The number of nitriles is 3. The van der Waals surface area contributed by atoms with Crippen LogP contribution in [-0.4, -0.2) is 24.1 Å². The number of benzene rings is 5. The second kappa shape index (κ2) is 9.63. The number of hydrogen-bond donors (Lipinski definition) is 0. The largest absolute Gasteiger partial charge is 0.307 e. The Morgan fingerprint density at radius 1 is 0.545 bits per heavy atom. The lowest BCUT2D eigenvalue weighted by atomic mass is 10.0. The first-order valence-corrected chi connectivity index (χ1v) is 13.8. The second-order valence-electron chi connectivity index (χ2n) is 10.3. The fourth-order valence-corrected chi connectivity index (χ4v) is 6.21. The number of aromatic nitrogens is 5. The Labute approximate surface area is 250 Å². The Kier molecular flexibility index (Phi) is 5.46. The van der Waals surface area contributed by atoms with Crippen molar-refractivity contribution in [1.29, 1.82) is 15.8 Å². The summed E-state index contributed by atoms with van der Waals surface area (Å²) in [5.74, 6) is 1.08. The van der Waals surface area contributed by atoms with Gasteiger partial charge in [-0.1, -0.05) is 66.7 Å². The van der Waals surface area contributed by atoms with E-state index in [0.717, 1.165) is 49.2 Å². The van der Waals surface area contributed by atoms with E-state index < -0.39 is 0 Å². The van der Waals surface area contributed by atoms with E-state index in [1.807, 2.05) is 81.9 Å². The van der Waals surface area contributed by atoms with Crippen molar-refractivity contribution in [3.05, 3.63) is 126 Å². The molecule has 0 aliphatic rings. The molecule has 202 valence electrons. The van der Waals surface area contributed by atoms with Crippen LogP contribution in [0, 0.1) is 34.0 Å². The van der Waals surface area contributed by atoms with Gasteiger partial charge in [0.05, 0.1) is 50.5 Å². The number of rotatable bonds is 3. The smallest absolute Gasteiger partial charge is 0.238 e. The van der Waals surface area contributed by atoms with E-state index in [2.05, 4.69) is 46.4 Å². The lowest BCUT2D eigenvalue weighted by molar-refractivity contribution is 0.947. The molecule has 8 nitrogen and oxygen atoms in total. The summed E-state index contributed by atoms with van der Waals surface area (Å²) in [6, 6.07) is 39.5. The number of fused-ring (bicyclic) bond motifs is 7. The molecule has 0 aliphatic carbocycles. The van der Waals surface area contributed by atoms with Gasteiger partial charge in [-0.3, -0.25) is 4.57 Å². The Morgan fingerprint density at radius 3 is 1.73 bits per heavy atom. The van der Waals surface area contributed by atoms with Gasteiger partial charge < -0.3 is 4.57 Å². The maximum atomic E-state index is 10.1. The molecule has 44 heavy (non-hydrogen) atoms. The molecule has 0 spiro atoms. The highest BCUT2D eigenvalue weighted by Gasteiger charge is 2.24. The minimum Gasteiger partial charge on any atom is -0.307 e. The highest BCUT2D eigenvalue weighted by Crippen LogP contribution is 2.42. The minimum atomic E-state index is 0.254. The highest BCUT2D eigenvalue weighted by molar-refractivity contribution is 6.28. The summed E-state index contributed by atoms with van der Waals surface area (Å²) in [7, 11) is 0. The van der Waals surface area contributed by atoms with Gasteiger partial charge in [-0.25, -0.2) is 9.97 Å². The molecule has 3 aromatic heterocycles. The monoisotopic (exact) mass is 562 g/mol. The maximum Gasteiger partial charge on any atom is 0.238 e. The molecule has 5 aromatic carbocycles. The topological polar surface area (TPSA) is 120 Å². The van der Waals surface area contributed by atoms with Crippen LogP contribution in [0.2, 0.25) is 0 Å². The molecule has 0 N–H and O–H groups in total.